The molecule has 8 heteroatoms. The minimum absolute atomic E-state index is 0.151. The van der Waals surface area contributed by atoms with Crippen LogP contribution in [0.2, 0.25) is 0 Å². The number of fused-ring (bicyclic) bond motifs is 1. The first-order valence-corrected chi connectivity index (χ1v) is 13.7. The standard InChI is InChI=1S/C29H33NO6S/c1-18(2)37(33,34)30(5)19(3)17-35-25-12-9-21(10-13-25)29-28(22-7-6-8-23(31)15-22)20(4)26-16-24(32)11-14-27(26)36-29/h6-16,18-19,29,31-32H,17H2,1-5H3. The quantitative estimate of drug-likeness (QED) is 0.399. The van der Waals surface area contributed by atoms with Crippen LogP contribution < -0.4 is 9.47 Å². The fraction of sp³-hybridized carbons (Fsp3) is 0.310. The van der Waals surface area contributed by atoms with Crippen molar-refractivity contribution in [3.05, 3.63) is 83.4 Å². The van der Waals surface area contributed by atoms with Crippen molar-refractivity contribution in [1.82, 2.24) is 4.31 Å². The Bertz CT molecular complexity index is 1410. The van der Waals surface area contributed by atoms with E-state index in [1.807, 2.05) is 44.2 Å². The minimum Gasteiger partial charge on any atom is -0.508 e. The number of phenolic OH excluding ortho intramolecular Hbond substituents is 2. The number of allylic oxidation sites excluding steroid dienone is 1. The van der Waals surface area contributed by atoms with Crippen molar-refractivity contribution in [3.63, 3.8) is 0 Å². The zero-order valence-electron chi connectivity index (χ0n) is 21.7. The minimum atomic E-state index is -3.37. The van der Waals surface area contributed by atoms with Gasteiger partial charge in [0.25, 0.3) is 0 Å². The summed E-state index contributed by atoms with van der Waals surface area (Å²) in [6, 6.07) is 19.2. The van der Waals surface area contributed by atoms with Gasteiger partial charge in [-0.25, -0.2) is 8.42 Å². The summed E-state index contributed by atoms with van der Waals surface area (Å²) in [5, 5.41) is 19.7. The third-order valence-electron chi connectivity index (χ3n) is 6.73. The van der Waals surface area contributed by atoms with Crippen LogP contribution in [0.25, 0.3) is 11.1 Å². The van der Waals surface area contributed by atoms with E-state index in [1.54, 1.807) is 57.3 Å². The average Bonchev–Trinajstić information content (AvgIpc) is 2.87. The van der Waals surface area contributed by atoms with Crippen LogP contribution in [-0.4, -0.2) is 47.9 Å². The van der Waals surface area contributed by atoms with Gasteiger partial charge in [-0.1, -0.05) is 24.3 Å². The zero-order chi connectivity index (χ0) is 26.9. The number of hydrogen-bond acceptors (Lipinski definition) is 6. The summed E-state index contributed by atoms with van der Waals surface area (Å²) in [5.74, 6) is 1.58. The Morgan fingerprint density at radius 1 is 0.973 bits per heavy atom. The van der Waals surface area contributed by atoms with Gasteiger partial charge in [-0.05, 0) is 86.9 Å². The second-order valence-corrected chi connectivity index (χ2v) is 12.2. The fourth-order valence-electron chi connectivity index (χ4n) is 4.36. The lowest BCUT2D eigenvalue weighted by Crippen LogP contribution is -2.42. The SMILES string of the molecule is CC1=C(c2cccc(O)c2)C(c2ccc(OCC(C)N(C)S(=O)(=O)C(C)C)cc2)Oc2ccc(O)cc21. The Balaban J connectivity index is 1.60. The monoisotopic (exact) mass is 523 g/mol. The predicted octanol–water partition coefficient (Wildman–Crippen LogP) is 5.60. The van der Waals surface area contributed by atoms with Gasteiger partial charge in [-0.2, -0.15) is 4.31 Å². The van der Waals surface area contributed by atoms with E-state index in [-0.39, 0.29) is 24.1 Å². The number of aromatic hydroxyl groups is 2. The van der Waals surface area contributed by atoms with Crippen molar-refractivity contribution < 1.29 is 28.1 Å². The fourth-order valence-corrected chi connectivity index (χ4v) is 5.59. The first-order valence-electron chi connectivity index (χ1n) is 12.2. The number of sulfonamides is 1. The molecule has 2 N–H and O–H groups in total. The Labute approximate surface area is 218 Å². The molecule has 3 aromatic carbocycles. The maximum Gasteiger partial charge on any atom is 0.216 e. The van der Waals surface area contributed by atoms with E-state index in [2.05, 4.69) is 0 Å². The second kappa shape index (κ2) is 10.5. The second-order valence-electron chi connectivity index (χ2n) is 9.61. The van der Waals surface area contributed by atoms with E-state index >= 15 is 0 Å². The highest BCUT2D eigenvalue weighted by Crippen LogP contribution is 2.47. The van der Waals surface area contributed by atoms with Gasteiger partial charge in [0.05, 0.1) is 11.3 Å². The maximum absolute atomic E-state index is 12.4. The lowest BCUT2D eigenvalue weighted by Gasteiger charge is -2.31. The van der Waals surface area contributed by atoms with Gasteiger partial charge in [-0.15, -0.1) is 0 Å². The molecule has 1 aliphatic rings. The Kier molecular flexibility index (Phi) is 7.52. The van der Waals surface area contributed by atoms with Gasteiger partial charge < -0.3 is 19.7 Å². The Morgan fingerprint density at radius 3 is 2.30 bits per heavy atom. The Morgan fingerprint density at radius 2 is 1.65 bits per heavy atom. The smallest absolute Gasteiger partial charge is 0.216 e. The average molecular weight is 524 g/mol. The molecule has 0 aliphatic carbocycles. The van der Waals surface area contributed by atoms with E-state index in [0.717, 1.165) is 27.8 Å². The Hall–Kier alpha value is -3.49. The van der Waals surface area contributed by atoms with Gasteiger partial charge in [0.1, 0.15) is 35.7 Å². The highest BCUT2D eigenvalue weighted by Gasteiger charge is 2.30. The highest BCUT2D eigenvalue weighted by molar-refractivity contribution is 7.89. The van der Waals surface area contributed by atoms with Crippen molar-refractivity contribution in [1.29, 1.82) is 0 Å². The molecule has 0 saturated heterocycles. The summed E-state index contributed by atoms with van der Waals surface area (Å²) in [7, 11) is -1.80. The predicted molar refractivity (Wildman–Crippen MR) is 145 cm³/mol. The molecule has 0 aromatic heterocycles. The van der Waals surface area contributed by atoms with E-state index in [4.69, 9.17) is 9.47 Å². The van der Waals surface area contributed by atoms with Crippen LogP contribution in [-0.2, 0) is 10.0 Å². The number of benzene rings is 3. The molecule has 37 heavy (non-hydrogen) atoms. The van der Waals surface area contributed by atoms with Gasteiger partial charge >= 0.3 is 0 Å². The molecule has 0 amide bonds. The molecular formula is C29H33NO6S. The number of hydrogen-bond donors (Lipinski definition) is 2. The molecule has 2 unspecified atom stereocenters. The number of likely N-dealkylation sites (N-methyl/N-ethyl adjacent to an activating group) is 1. The molecule has 0 fully saturated rings. The molecule has 7 nitrogen and oxygen atoms in total. The lowest BCUT2D eigenvalue weighted by molar-refractivity contribution is 0.231. The number of phenols is 2. The first-order chi connectivity index (χ1) is 17.5. The molecule has 0 spiro atoms. The molecular weight excluding hydrogens is 490 g/mol. The van der Waals surface area contributed by atoms with Gasteiger partial charge in [0.2, 0.25) is 10.0 Å². The van der Waals surface area contributed by atoms with E-state index in [0.29, 0.717) is 11.5 Å². The number of ether oxygens (including phenoxy) is 2. The topological polar surface area (TPSA) is 96.3 Å². The molecule has 4 rings (SSSR count). The summed E-state index contributed by atoms with van der Waals surface area (Å²) in [6.45, 7) is 7.33. The molecule has 0 saturated carbocycles. The molecule has 196 valence electrons. The van der Waals surface area contributed by atoms with E-state index in [9.17, 15) is 18.6 Å². The van der Waals surface area contributed by atoms with Crippen molar-refractivity contribution in [2.75, 3.05) is 13.7 Å². The van der Waals surface area contributed by atoms with Crippen molar-refractivity contribution >= 4 is 21.2 Å². The highest BCUT2D eigenvalue weighted by atomic mass is 32.2. The van der Waals surface area contributed by atoms with Gasteiger partial charge in [0, 0.05) is 18.2 Å². The maximum atomic E-state index is 12.4. The number of nitrogens with zero attached hydrogens (tertiary/aromatic N) is 1. The van der Waals surface area contributed by atoms with E-state index < -0.39 is 21.4 Å². The molecule has 1 aliphatic heterocycles. The van der Waals surface area contributed by atoms with Crippen LogP contribution in [0.1, 0.15) is 50.5 Å². The number of rotatable bonds is 8. The summed E-state index contributed by atoms with van der Waals surface area (Å²) >= 11 is 0. The summed E-state index contributed by atoms with van der Waals surface area (Å²) in [5.41, 5.74) is 4.33. The third-order valence-corrected chi connectivity index (χ3v) is 9.08. The van der Waals surface area contributed by atoms with Crippen LogP contribution in [0.4, 0.5) is 0 Å². The molecule has 0 radical (unpaired) electrons. The van der Waals surface area contributed by atoms with E-state index in [1.165, 1.54) is 4.31 Å². The van der Waals surface area contributed by atoms with Crippen molar-refractivity contribution in [2.45, 2.75) is 45.1 Å². The summed E-state index contributed by atoms with van der Waals surface area (Å²) in [6.07, 6.45) is -0.450. The van der Waals surface area contributed by atoms with Crippen LogP contribution in [0.15, 0.2) is 66.7 Å². The summed E-state index contributed by atoms with van der Waals surface area (Å²) in [4.78, 5) is 0. The van der Waals surface area contributed by atoms with Crippen LogP contribution in [0, 0.1) is 0 Å². The largest absolute Gasteiger partial charge is 0.508 e. The molecule has 1 heterocycles. The zero-order valence-corrected chi connectivity index (χ0v) is 22.5. The first kappa shape index (κ1) is 26.6. The molecule has 2 atom stereocenters. The lowest BCUT2D eigenvalue weighted by atomic mass is 9.86. The summed E-state index contributed by atoms with van der Waals surface area (Å²) < 4.78 is 38.5. The van der Waals surface area contributed by atoms with Gasteiger partial charge in [-0.3, -0.25) is 0 Å². The van der Waals surface area contributed by atoms with Crippen molar-refractivity contribution in [2.24, 2.45) is 0 Å². The van der Waals surface area contributed by atoms with Crippen LogP contribution >= 0.6 is 0 Å². The van der Waals surface area contributed by atoms with Gasteiger partial charge in [0.15, 0.2) is 0 Å². The van der Waals surface area contributed by atoms with Crippen molar-refractivity contribution in [3.8, 4) is 23.0 Å². The molecule has 3 aromatic rings. The molecule has 0 bridgehead atoms. The van der Waals surface area contributed by atoms with Crippen LogP contribution in [0.3, 0.4) is 0 Å². The third kappa shape index (κ3) is 5.45. The van der Waals surface area contributed by atoms with Crippen LogP contribution in [0.5, 0.6) is 23.0 Å². The normalized spacial score (nSPS) is 16.5.